The monoisotopic (exact) mass is 257 g/mol. The number of aromatic amines is 1. The molecule has 92 valence electrons. The lowest BCUT2D eigenvalue weighted by atomic mass is 10.0. The molecule has 0 aliphatic rings. The van der Waals surface area contributed by atoms with Crippen molar-refractivity contribution in [1.29, 1.82) is 0 Å². The third-order valence-electron chi connectivity index (χ3n) is 3.43. The van der Waals surface area contributed by atoms with Gasteiger partial charge in [-0.25, -0.2) is 0 Å². The molecule has 1 N–H and O–H groups in total. The van der Waals surface area contributed by atoms with Crippen molar-refractivity contribution in [2.45, 2.75) is 19.2 Å². The minimum Gasteiger partial charge on any atom is -0.355 e. The largest absolute Gasteiger partial charge is 0.355 e. The molecule has 18 heavy (non-hydrogen) atoms. The van der Waals surface area contributed by atoms with E-state index >= 15 is 0 Å². The second-order valence-electron chi connectivity index (χ2n) is 5.12. The highest BCUT2D eigenvalue weighted by Crippen LogP contribution is 2.33. The summed E-state index contributed by atoms with van der Waals surface area (Å²) in [5.41, 5.74) is 3.55. The lowest BCUT2D eigenvalue weighted by Crippen LogP contribution is -1.98. The third kappa shape index (κ3) is 1.79. The first-order valence-electron chi connectivity index (χ1n) is 6.31. The summed E-state index contributed by atoms with van der Waals surface area (Å²) in [5.74, 6) is 0.439. The van der Waals surface area contributed by atoms with Crippen LogP contribution >= 0.6 is 11.6 Å². The van der Waals surface area contributed by atoms with E-state index in [0.29, 0.717) is 5.92 Å². The van der Waals surface area contributed by atoms with Crippen molar-refractivity contribution in [3.05, 3.63) is 48.0 Å². The van der Waals surface area contributed by atoms with Crippen LogP contribution in [0.5, 0.6) is 0 Å². The van der Waals surface area contributed by atoms with E-state index in [1.165, 1.54) is 27.4 Å². The van der Waals surface area contributed by atoms with E-state index in [2.05, 4.69) is 61.3 Å². The van der Waals surface area contributed by atoms with Gasteiger partial charge in [-0.05, 0) is 29.7 Å². The van der Waals surface area contributed by atoms with E-state index < -0.39 is 0 Å². The molecule has 1 unspecified atom stereocenters. The van der Waals surface area contributed by atoms with Crippen LogP contribution in [0.4, 0.5) is 0 Å². The van der Waals surface area contributed by atoms with E-state index in [4.69, 9.17) is 11.6 Å². The molecule has 2 heteroatoms. The second kappa shape index (κ2) is 4.33. The van der Waals surface area contributed by atoms with Crippen LogP contribution in [0.1, 0.15) is 24.8 Å². The van der Waals surface area contributed by atoms with Crippen molar-refractivity contribution in [1.82, 2.24) is 4.98 Å². The number of fused-ring (bicyclic) bond motifs is 3. The molecule has 0 radical (unpaired) electrons. The Labute approximate surface area is 112 Å². The fourth-order valence-corrected chi connectivity index (χ4v) is 2.56. The molecular formula is C16H16ClN. The van der Waals surface area contributed by atoms with Crippen LogP contribution in [0.15, 0.2) is 42.5 Å². The first-order chi connectivity index (χ1) is 8.66. The van der Waals surface area contributed by atoms with Crippen LogP contribution in [0.25, 0.3) is 21.8 Å². The van der Waals surface area contributed by atoms with Crippen molar-refractivity contribution in [2.24, 2.45) is 5.92 Å². The van der Waals surface area contributed by atoms with Crippen molar-refractivity contribution in [2.75, 3.05) is 0 Å². The van der Waals surface area contributed by atoms with Gasteiger partial charge in [0.15, 0.2) is 0 Å². The van der Waals surface area contributed by atoms with Gasteiger partial charge in [0, 0.05) is 21.8 Å². The molecule has 0 spiro atoms. The molecule has 0 saturated heterocycles. The first kappa shape index (κ1) is 11.6. The summed E-state index contributed by atoms with van der Waals surface area (Å²) in [5, 5.41) is 2.60. The Bertz CT molecular complexity index is 696. The van der Waals surface area contributed by atoms with Crippen LogP contribution in [0.2, 0.25) is 0 Å². The van der Waals surface area contributed by atoms with Crippen molar-refractivity contribution in [3.8, 4) is 0 Å². The summed E-state index contributed by atoms with van der Waals surface area (Å²) in [7, 11) is 0. The number of benzene rings is 2. The van der Waals surface area contributed by atoms with Gasteiger partial charge in [-0.15, -0.1) is 11.6 Å². The van der Waals surface area contributed by atoms with Gasteiger partial charge < -0.3 is 4.98 Å². The molecule has 3 rings (SSSR count). The summed E-state index contributed by atoms with van der Waals surface area (Å²) < 4.78 is 0. The highest BCUT2D eigenvalue weighted by atomic mass is 35.5. The van der Waals surface area contributed by atoms with E-state index in [0.717, 1.165) is 0 Å². The molecule has 0 aliphatic carbocycles. The van der Waals surface area contributed by atoms with Gasteiger partial charge in [-0.2, -0.15) is 0 Å². The molecule has 0 amide bonds. The number of aromatic nitrogens is 1. The molecule has 2 aromatic carbocycles. The lowest BCUT2D eigenvalue weighted by Gasteiger charge is -2.13. The van der Waals surface area contributed by atoms with Gasteiger partial charge in [0.2, 0.25) is 0 Å². The summed E-state index contributed by atoms with van der Waals surface area (Å²) in [6, 6.07) is 14.8. The number of halogens is 1. The maximum Gasteiger partial charge on any atom is 0.0608 e. The van der Waals surface area contributed by atoms with Gasteiger partial charge in [0.25, 0.3) is 0 Å². The predicted molar refractivity (Wildman–Crippen MR) is 79.2 cm³/mol. The Morgan fingerprint density at radius 2 is 1.67 bits per heavy atom. The molecule has 1 nitrogen and oxygen atoms in total. The number of H-pyrrole nitrogens is 1. The van der Waals surface area contributed by atoms with E-state index in [1.807, 2.05) is 0 Å². The highest BCUT2D eigenvalue weighted by molar-refractivity contribution is 6.21. The van der Waals surface area contributed by atoms with Crippen molar-refractivity contribution >= 4 is 33.4 Å². The Hall–Kier alpha value is -1.47. The number of rotatable bonds is 2. The van der Waals surface area contributed by atoms with E-state index in [9.17, 15) is 0 Å². The zero-order valence-corrected chi connectivity index (χ0v) is 11.3. The molecule has 3 aromatic rings. The van der Waals surface area contributed by atoms with Crippen LogP contribution in [0.3, 0.4) is 0 Å². The normalized spacial score (nSPS) is 13.6. The molecule has 0 bridgehead atoms. The van der Waals surface area contributed by atoms with Gasteiger partial charge in [0.1, 0.15) is 0 Å². The summed E-state index contributed by atoms with van der Waals surface area (Å²) >= 11 is 6.45. The van der Waals surface area contributed by atoms with E-state index in [1.54, 1.807) is 0 Å². The average molecular weight is 258 g/mol. The number of hydrogen-bond acceptors (Lipinski definition) is 0. The van der Waals surface area contributed by atoms with Crippen LogP contribution in [-0.4, -0.2) is 4.98 Å². The molecule has 1 aromatic heterocycles. The predicted octanol–water partition coefficient (Wildman–Crippen LogP) is 5.26. The Balaban J connectivity index is 2.24. The van der Waals surface area contributed by atoms with Crippen LogP contribution in [-0.2, 0) is 0 Å². The quantitative estimate of drug-likeness (QED) is 0.603. The number of hydrogen-bond donors (Lipinski definition) is 1. The minimum absolute atomic E-state index is 0.0723. The van der Waals surface area contributed by atoms with Gasteiger partial charge in [-0.3, -0.25) is 0 Å². The zero-order valence-electron chi connectivity index (χ0n) is 10.6. The Morgan fingerprint density at radius 1 is 0.944 bits per heavy atom. The maximum absolute atomic E-state index is 6.45. The zero-order chi connectivity index (χ0) is 12.7. The molecule has 1 atom stereocenters. The summed E-state index contributed by atoms with van der Waals surface area (Å²) in [6.07, 6.45) is 0. The molecule has 0 saturated carbocycles. The van der Waals surface area contributed by atoms with Crippen molar-refractivity contribution < 1.29 is 0 Å². The van der Waals surface area contributed by atoms with Crippen LogP contribution < -0.4 is 0 Å². The SMILES string of the molecule is CC(C)C(Cl)c1ccc2[nH]c3ccccc3c2c1. The summed E-state index contributed by atoms with van der Waals surface area (Å²) in [6.45, 7) is 4.30. The standard InChI is InChI=1S/C16H16ClN/c1-10(2)16(17)11-7-8-15-13(9-11)12-5-3-4-6-14(12)18-15/h3-10,16,18H,1-2H3. The van der Waals surface area contributed by atoms with Gasteiger partial charge in [-0.1, -0.05) is 38.1 Å². The third-order valence-corrected chi connectivity index (χ3v) is 4.19. The number of nitrogens with one attached hydrogen (secondary N) is 1. The minimum atomic E-state index is 0.0723. The lowest BCUT2D eigenvalue weighted by molar-refractivity contribution is 0.624. The van der Waals surface area contributed by atoms with Gasteiger partial charge in [0.05, 0.1) is 5.38 Å². The number of para-hydroxylation sites is 1. The Kier molecular flexibility index (Phi) is 2.79. The first-order valence-corrected chi connectivity index (χ1v) is 6.75. The maximum atomic E-state index is 6.45. The van der Waals surface area contributed by atoms with Crippen molar-refractivity contribution in [3.63, 3.8) is 0 Å². The van der Waals surface area contributed by atoms with E-state index in [-0.39, 0.29) is 5.38 Å². The molecule has 0 fully saturated rings. The fourth-order valence-electron chi connectivity index (χ4n) is 2.42. The second-order valence-corrected chi connectivity index (χ2v) is 5.59. The van der Waals surface area contributed by atoms with Crippen LogP contribution in [0, 0.1) is 5.92 Å². The molecule has 0 aliphatic heterocycles. The Morgan fingerprint density at radius 3 is 2.44 bits per heavy atom. The molecular weight excluding hydrogens is 242 g/mol. The molecule has 1 heterocycles. The summed E-state index contributed by atoms with van der Waals surface area (Å²) in [4.78, 5) is 3.43. The highest BCUT2D eigenvalue weighted by Gasteiger charge is 2.13. The number of alkyl halides is 1. The fraction of sp³-hybridized carbons (Fsp3) is 0.250. The average Bonchev–Trinajstić information content (AvgIpc) is 2.75. The van der Waals surface area contributed by atoms with Gasteiger partial charge >= 0.3 is 0 Å². The topological polar surface area (TPSA) is 15.8 Å². The smallest absolute Gasteiger partial charge is 0.0608 e.